The van der Waals surface area contributed by atoms with Crippen molar-refractivity contribution in [2.24, 2.45) is 0 Å². The van der Waals surface area contributed by atoms with Gasteiger partial charge < -0.3 is 9.52 Å². The molecule has 0 saturated carbocycles. The Balaban J connectivity index is 1.52. The monoisotopic (exact) mass is 351 g/mol. The Morgan fingerprint density at radius 2 is 1.80 bits per heavy atom. The van der Waals surface area contributed by atoms with Gasteiger partial charge in [-0.25, -0.2) is 4.98 Å². The molecule has 0 unspecified atom stereocenters. The average molecular weight is 351 g/mol. The topological polar surface area (TPSA) is 46.3 Å². The smallest absolute Gasteiger partial charge is 0.218 e. The summed E-state index contributed by atoms with van der Waals surface area (Å²) in [7, 11) is 0. The summed E-state index contributed by atoms with van der Waals surface area (Å²) in [6.45, 7) is 0.240. The van der Waals surface area contributed by atoms with Crippen molar-refractivity contribution >= 4 is 23.9 Å². The summed E-state index contributed by atoms with van der Waals surface area (Å²) in [6.07, 6.45) is 7.33. The molecule has 0 fully saturated rings. The van der Waals surface area contributed by atoms with Gasteiger partial charge in [-0.05, 0) is 42.2 Å². The maximum Gasteiger partial charge on any atom is 0.218 e. The maximum atomic E-state index is 8.87. The number of benzene rings is 2. The molecule has 2 aromatic carbocycles. The van der Waals surface area contributed by atoms with Crippen molar-refractivity contribution in [3.05, 3.63) is 83.6 Å². The van der Waals surface area contributed by atoms with Gasteiger partial charge in [-0.3, -0.25) is 0 Å². The molecule has 0 aliphatic carbocycles. The van der Waals surface area contributed by atoms with E-state index in [0.717, 1.165) is 29.9 Å². The highest BCUT2D eigenvalue weighted by Gasteiger charge is 2.03. The quantitative estimate of drug-likeness (QED) is 0.576. The zero-order chi connectivity index (χ0) is 17.3. The van der Waals surface area contributed by atoms with Crippen LogP contribution in [0.25, 0.3) is 12.2 Å². The largest absolute Gasteiger partial charge is 0.445 e. The molecule has 0 aliphatic rings. The van der Waals surface area contributed by atoms with Gasteiger partial charge in [0.25, 0.3) is 0 Å². The number of aliphatic hydroxyl groups is 1. The first-order valence-electron chi connectivity index (χ1n) is 8.33. The van der Waals surface area contributed by atoms with E-state index in [-0.39, 0.29) is 6.61 Å². The zero-order valence-corrected chi connectivity index (χ0v) is 14.8. The summed E-state index contributed by atoms with van der Waals surface area (Å²) in [5.41, 5.74) is 3.31. The molecule has 0 amide bonds. The normalized spacial score (nSPS) is 11.2. The van der Waals surface area contributed by atoms with Crippen LogP contribution < -0.4 is 0 Å². The molecular formula is C21H21NO2S. The molecule has 0 spiro atoms. The molecule has 1 N–H and O–H groups in total. The van der Waals surface area contributed by atoms with Gasteiger partial charge in [0.1, 0.15) is 6.26 Å². The summed E-state index contributed by atoms with van der Waals surface area (Å²) in [5, 5.41) is 8.87. The van der Waals surface area contributed by atoms with Crippen molar-refractivity contribution < 1.29 is 9.52 Å². The molecule has 0 atom stereocenters. The van der Waals surface area contributed by atoms with Gasteiger partial charge in [-0.15, -0.1) is 11.8 Å². The molecule has 128 valence electrons. The van der Waals surface area contributed by atoms with Gasteiger partial charge in [-0.2, -0.15) is 0 Å². The van der Waals surface area contributed by atoms with E-state index in [1.807, 2.05) is 42.5 Å². The molecule has 4 heteroatoms. The fourth-order valence-corrected chi connectivity index (χ4v) is 3.17. The van der Waals surface area contributed by atoms with Gasteiger partial charge in [0.05, 0.1) is 5.69 Å². The Hall–Kier alpha value is -2.30. The summed E-state index contributed by atoms with van der Waals surface area (Å²) in [6, 6.07) is 18.6. The van der Waals surface area contributed by atoms with Gasteiger partial charge in [0.2, 0.25) is 5.89 Å². The lowest BCUT2D eigenvalue weighted by molar-refractivity contribution is 0.288. The molecule has 0 saturated heterocycles. The maximum absolute atomic E-state index is 8.87. The Kier molecular flexibility index (Phi) is 6.48. The molecule has 25 heavy (non-hydrogen) atoms. The van der Waals surface area contributed by atoms with E-state index in [1.165, 1.54) is 10.5 Å². The Bertz CT molecular complexity index is 794. The Morgan fingerprint density at radius 1 is 1.00 bits per heavy atom. The third-order valence-corrected chi connectivity index (χ3v) is 4.77. The highest BCUT2D eigenvalue weighted by molar-refractivity contribution is 7.98. The van der Waals surface area contributed by atoms with E-state index in [4.69, 9.17) is 9.52 Å². The van der Waals surface area contributed by atoms with Gasteiger partial charge in [-0.1, -0.05) is 42.5 Å². The molecule has 3 nitrogen and oxygen atoms in total. The number of aryl methyl sites for hydroxylation is 1. The van der Waals surface area contributed by atoms with Crippen LogP contribution in [-0.2, 0) is 12.2 Å². The van der Waals surface area contributed by atoms with Crippen molar-refractivity contribution in [1.29, 1.82) is 0 Å². The molecule has 3 aromatic rings. The second-order valence-corrected chi connectivity index (χ2v) is 6.73. The minimum absolute atomic E-state index is 0.240. The highest BCUT2D eigenvalue weighted by Crippen LogP contribution is 2.23. The van der Waals surface area contributed by atoms with Gasteiger partial charge in [0.15, 0.2) is 0 Å². The van der Waals surface area contributed by atoms with Gasteiger partial charge in [0, 0.05) is 23.3 Å². The summed E-state index contributed by atoms with van der Waals surface area (Å²) in [5.74, 6) is 1.40. The van der Waals surface area contributed by atoms with Crippen LogP contribution >= 0.6 is 11.8 Å². The SMILES string of the molecule is OCCCc1ccc(SCc2coc(/C=C/c3ccccc3)n2)cc1. The fraction of sp³-hybridized carbons (Fsp3) is 0.190. The van der Waals surface area contributed by atoms with E-state index in [1.54, 1.807) is 18.0 Å². The van der Waals surface area contributed by atoms with Crippen LogP contribution in [0, 0.1) is 0 Å². The van der Waals surface area contributed by atoms with E-state index >= 15 is 0 Å². The third kappa shape index (κ3) is 5.62. The van der Waals surface area contributed by atoms with E-state index < -0.39 is 0 Å². The number of nitrogens with zero attached hydrogens (tertiary/aromatic N) is 1. The predicted molar refractivity (Wildman–Crippen MR) is 103 cm³/mol. The molecular weight excluding hydrogens is 330 g/mol. The highest BCUT2D eigenvalue weighted by atomic mass is 32.2. The summed E-state index contributed by atoms with van der Waals surface area (Å²) in [4.78, 5) is 5.70. The van der Waals surface area contributed by atoms with Crippen molar-refractivity contribution in [3.63, 3.8) is 0 Å². The lowest BCUT2D eigenvalue weighted by Crippen LogP contribution is -1.89. The van der Waals surface area contributed by atoms with Crippen LogP contribution in [0.15, 0.2) is 70.2 Å². The second kappa shape index (κ2) is 9.25. The molecule has 0 radical (unpaired) electrons. The minimum atomic E-state index is 0.240. The van der Waals surface area contributed by atoms with Crippen LogP contribution in [-0.4, -0.2) is 16.7 Å². The number of thioether (sulfide) groups is 1. The fourth-order valence-electron chi connectivity index (χ4n) is 2.39. The number of oxazole rings is 1. The second-order valence-electron chi connectivity index (χ2n) is 5.68. The Labute approximate surface area is 152 Å². The van der Waals surface area contributed by atoms with Crippen molar-refractivity contribution in [1.82, 2.24) is 4.98 Å². The first-order chi connectivity index (χ1) is 12.3. The molecule has 0 bridgehead atoms. The van der Waals surface area contributed by atoms with Crippen LogP contribution in [0.3, 0.4) is 0 Å². The number of hydrogen-bond acceptors (Lipinski definition) is 4. The van der Waals surface area contributed by atoms with Gasteiger partial charge >= 0.3 is 0 Å². The minimum Gasteiger partial charge on any atom is -0.445 e. The lowest BCUT2D eigenvalue weighted by atomic mass is 10.1. The molecule has 1 heterocycles. The number of aromatic nitrogens is 1. The van der Waals surface area contributed by atoms with Crippen LogP contribution in [0.4, 0.5) is 0 Å². The third-order valence-electron chi connectivity index (χ3n) is 3.72. The average Bonchev–Trinajstić information content (AvgIpc) is 3.13. The first kappa shape index (κ1) is 17.5. The Morgan fingerprint density at radius 3 is 2.56 bits per heavy atom. The number of aliphatic hydroxyl groups excluding tert-OH is 1. The lowest BCUT2D eigenvalue weighted by Gasteiger charge is -2.02. The van der Waals surface area contributed by atoms with Crippen molar-refractivity contribution in [2.45, 2.75) is 23.5 Å². The van der Waals surface area contributed by atoms with E-state index in [9.17, 15) is 0 Å². The van der Waals surface area contributed by atoms with E-state index in [2.05, 4.69) is 29.2 Å². The van der Waals surface area contributed by atoms with Crippen LogP contribution in [0.5, 0.6) is 0 Å². The predicted octanol–water partition coefficient (Wildman–Crippen LogP) is 5.06. The van der Waals surface area contributed by atoms with Crippen LogP contribution in [0.1, 0.15) is 29.1 Å². The van der Waals surface area contributed by atoms with Crippen molar-refractivity contribution in [2.75, 3.05) is 6.61 Å². The molecule has 0 aliphatic heterocycles. The van der Waals surface area contributed by atoms with Crippen molar-refractivity contribution in [3.8, 4) is 0 Å². The standard InChI is InChI=1S/C21H21NO2S/c23-14-4-7-18-8-11-20(12-9-18)25-16-19-15-24-21(22-19)13-10-17-5-2-1-3-6-17/h1-3,5-6,8-13,15,23H,4,7,14,16H2/b13-10+. The first-order valence-corrected chi connectivity index (χ1v) is 9.32. The van der Waals surface area contributed by atoms with Crippen LogP contribution in [0.2, 0.25) is 0 Å². The summed E-state index contributed by atoms with van der Waals surface area (Å²) >= 11 is 1.74. The molecule has 3 rings (SSSR count). The zero-order valence-electron chi connectivity index (χ0n) is 14.0. The summed E-state index contributed by atoms with van der Waals surface area (Å²) < 4.78 is 5.50. The number of hydrogen-bond donors (Lipinski definition) is 1. The van der Waals surface area contributed by atoms with E-state index in [0.29, 0.717) is 5.89 Å². The molecule has 1 aromatic heterocycles. The number of rotatable bonds is 8.